The monoisotopic (exact) mass is 291 g/mol. The summed E-state index contributed by atoms with van der Waals surface area (Å²) in [6.45, 7) is 12.0. The highest BCUT2D eigenvalue weighted by Gasteiger charge is 2.26. The van der Waals surface area contributed by atoms with E-state index in [4.69, 9.17) is 0 Å². The molecule has 21 heavy (non-hydrogen) atoms. The molecular formula is C18H29NO2. The topological polar surface area (TPSA) is 38.3 Å². The molecule has 0 heterocycles. The fourth-order valence-corrected chi connectivity index (χ4v) is 2.88. The summed E-state index contributed by atoms with van der Waals surface area (Å²) in [5, 5.41) is 3.24. The van der Waals surface area contributed by atoms with E-state index in [1.165, 1.54) is 12.7 Å². The van der Waals surface area contributed by atoms with Crippen LogP contribution in [0.25, 0.3) is 0 Å². The third-order valence-corrected chi connectivity index (χ3v) is 3.52. The van der Waals surface area contributed by atoms with Crippen LogP contribution in [0.3, 0.4) is 0 Å². The number of rotatable bonds is 6. The van der Waals surface area contributed by atoms with Gasteiger partial charge in [-0.1, -0.05) is 46.8 Å². The SMILES string of the molecule is COC(=O)CCNc1ccc(C(C)(C)CC(C)(C)C)cc1. The van der Waals surface area contributed by atoms with Crippen molar-refractivity contribution >= 4 is 11.7 Å². The number of methoxy groups -OCH3 is 1. The van der Waals surface area contributed by atoms with Gasteiger partial charge in [0.25, 0.3) is 0 Å². The third-order valence-electron chi connectivity index (χ3n) is 3.52. The molecule has 1 aromatic carbocycles. The highest BCUT2D eigenvalue weighted by atomic mass is 16.5. The van der Waals surface area contributed by atoms with Gasteiger partial charge >= 0.3 is 5.97 Å². The van der Waals surface area contributed by atoms with Crippen LogP contribution in [-0.2, 0) is 14.9 Å². The van der Waals surface area contributed by atoms with Crippen molar-refractivity contribution in [3.63, 3.8) is 0 Å². The fraction of sp³-hybridized carbons (Fsp3) is 0.611. The van der Waals surface area contributed by atoms with Crippen LogP contribution in [-0.4, -0.2) is 19.6 Å². The number of hydrogen-bond acceptors (Lipinski definition) is 3. The smallest absolute Gasteiger partial charge is 0.307 e. The van der Waals surface area contributed by atoms with Crippen LogP contribution in [0.15, 0.2) is 24.3 Å². The van der Waals surface area contributed by atoms with Crippen molar-refractivity contribution in [3.8, 4) is 0 Å². The zero-order valence-electron chi connectivity index (χ0n) is 14.2. The van der Waals surface area contributed by atoms with Crippen LogP contribution in [0, 0.1) is 5.41 Å². The largest absolute Gasteiger partial charge is 0.469 e. The second-order valence-corrected chi connectivity index (χ2v) is 7.45. The van der Waals surface area contributed by atoms with Crippen molar-refractivity contribution in [2.24, 2.45) is 5.41 Å². The van der Waals surface area contributed by atoms with Gasteiger partial charge in [-0.15, -0.1) is 0 Å². The standard InChI is InChI=1S/C18H29NO2/c1-17(2,3)13-18(4,5)14-7-9-15(10-8-14)19-12-11-16(20)21-6/h7-10,19H,11-13H2,1-6H3. The first-order valence-electron chi connectivity index (χ1n) is 7.55. The molecule has 0 radical (unpaired) electrons. The van der Waals surface area contributed by atoms with E-state index in [2.05, 4.69) is 68.9 Å². The van der Waals surface area contributed by atoms with Crippen molar-refractivity contribution < 1.29 is 9.53 Å². The summed E-state index contributed by atoms with van der Waals surface area (Å²) >= 11 is 0. The summed E-state index contributed by atoms with van der Waals surface area (Å²) in [6, 6.07) is 8.51. The Balaban J connectivity index is 2.63. The first-order valence-corrected chi connectivity index (χ1v) is 7.55. The molecule has 0 aliphatic heterocycles. The molecule has 0 aliphatic rings. The molecule has 3 nitrogen and oxygen atoms in total. The number of benzene rings is 1. The van der Waals surface area contributed by atoms with Crippen LogP contribution in [0.2, 0.25) is 0 Å². The van der Waals surface area contributed by atoms with Gasteiger partial charge in [-0.3, -0.25) is 4.79 Å². The minimum atomic E-state index is -0.189. The van der Waals surface area contributed by atoms with Crippen LogP contribution in [0.1, 0.15) is 53.0 Å². The highest BCUT2D eigenvalue weighted by molar-refractivity contribution is 5.69. The number of esters is 1. The lowest BCUT2D eigenvalue weighted by molar-refractivity contribution is -0.140. The molecule has 0 bridgehead atoms. The minimum absolute atomic E-state index is 0.156. The van der Waals surface area contributed by atoms with E-state index >= 15 is 0 Å². The predicted octanol–water partition coefficient (Wildman–Crippen LogP) is 4.38. The van der Waals surface area contributed by atoms with Gasteiger partial charge in [0.15, 0.2) is 0 Å². The molecule has 0 aromatic heterocycles. The second kappa shape index (κ2) is 6.97. The van der Waals surface area contributed by atoms with E-state index in [9.17, 15) is 4.79 Å². The number of nitrogens with one attached hydrogen (secondary N) is 1. The highest BCUT2D eigenvalue weighted by Crippen LogP contribution is 2.36. The Morgan fingerprint density at radius 1 is 1.10 bits per heavy atom. The van der Waals surface area contributed by atoms with Gasteiger partial charge in [0, 0.05) is 12.2 Å². The van der Waals surface area contributed by atoms with Gasteiger partial charge in [0.2, 0.25) is 0 Å². The number of anilines is 1. The van der Waals surface area contributed by atoms with Crippen molar-refractivity contribution in [2.45, 2.75) is 52.9 Å². The van der Waals surface area contributed by atoms with Crippen molar-refractivity contribution in [2.75, 3.05) is 19.0 Å². The van der Waals surface area contributed by atoms with Crippen LogP contribution in [0.4, 0.5) is 5.69 Å². The zero-order chi connectivity index (χ0) is 16.1. The van der Waals surface area contributed by atoms with Crippen molar-refractivity contribution in [1.82, 2.24) is 0 Å². The van der Waals surface area contributed by atoms with Gasteiger partial charge in [-0.05, 0) is 34.9 Å². The maximum absolute atomic E-state index is 11.1. The molecule has 1 N–H and O–H groups in total. The molecule has 0 atom stereocenters. The van der Waals surface area contributed by atoms with E-state index in [0.29, 0.717) is 18.4 Å². The fourth-order valence-electron chi connectivity index (χ4n) is 2.88. The Morgan fingerprint density at radius 3 is 2.14 bits per heavy atom. The Bertz CT molecular complexity index is 455. The number of ether oxygens (including phenoxy) is 1. The Morgan fingerprint density at radius 2 is 1.67 bits per heavy atom. The first kappa shape index (κ1) is 17.5. The molecule has 1 aromatic rings. The lowest BCUT2D eigenvalue weighted by Gasteiger charge is -2.33. The molecule has 118 valence electrons. The molecular weight excluding hydrogens is 262 g/mol. The summed E-state index contributed by atoms with van der Waals surface area (Å²) in [7, 11) is 1.41. The molecule has 0 aliphatic carbocycles. The molecule has 0 amide bonds. The minimum Gasteiger partial charge on any atom is -0.469 e. The van der Waals surface area contributed by atoms with E-state index in [1.807, 2.05) is 0 Å². The average Bonchev–Trinajstić information content (AvgIpc) is 2.36. The Kier molecular flexibility index (Phi) is 5.82. The molecule has 0 spiro atoms. The van der Waals surface area contributed by atoms with Gasteiger partial charge in [-0.2, -0.15) is 0 Å². The molecule has 0 unspecified atom stereocenters. The maximum atomic E-state index is 11.1. The summed E-state index contributed by atoms with van der Waals surface area (Å²) in [5.41, 5.74) is 2.84. The second-order valence-electron chi connectivity index (χ2n) is 7.45. The molecule has 0 saturated heterocycles. The quantitative estimate of drug-likeness (QED) is 0.791. The van der Waals surface area contributed by atoms with Crippen LogP contribution < -0.4 is 5.32 Å². The van der Waals surface area contributed by atoms with E-state index in [1.54, 1.807) is 0 Å². The number of carbonyl (C=O) groups is 1. The molecule has 0 saturated carbocycles. The molecule has 3 heteroatoms. The van der Waals surface area contributed by atoms with Crippen LogP contribution in [0.5, 0.6) is 0 Å². The van der Waals surface area contributed by atoms with E-state index in [-0.39, 0.29) is 11.4 Å². The lowest BCUT2D eigenvalue weighted by atomic mass is 9.72. The molecule has 0 fully saturated rings. The lowest BCUT2D eigenvalue weighted by Crippen LogP contribution is -2.24. The number of carbonyl (C=O) groups excluding carboxylic acids is 1. The zero-order valence-corrected chi connectivity index (χ0v) is 14.2. The summed E-state index contributed by atoms with van der Waals surface area (Å²) in [5.74, 6) is -0.189. The summed E-state index contributed by atoms with van der Waals surface area (Å²) in [4.78, 5) is 11.1. The van der Waals surface area contributed by atoms with Gasteiger partial charge < -0.3 is 10.1 Å². The Hall–Kier alpha value is -1.51. The van der Waals surface area contributed by atoms with E-state index in [0.717, 1.165) is 12.1 Å². The van der Waals surface area contributed by atoms with Crippen molar-refractivity contribution in [1.29, 1.82) is 0 Å². The first-order chi connectivity index (χ1) is 9.64. The summed E-state index contributed by atoms with van der Waals surface area (Å²) < 4.78 is 4.62. The third kappa shape index (κ3) is 6.19. The van der Waals surface area contributed by atoms with Gasteiger partial charge in [0.1, 0.15) is 0 Å². The Labute approximate surface area is 129 Å². The van der Waals surface area contributed by atoms with Gasteiger partial charge in [0.05, 0.1) is 13.5 Å². The molecule has 1 rings (SSSR count). The maximum Gasteiger partial charge on any atom is 0.307 e. The van der Waals surface area contributed by atoms with E-state index < -0.39 is 0 Å². The summed E-state index contributed by atoms with van der Waals surface area (Å²) in [6.07, 6.45) is 1.52. The van der Waals surface area contributed by atoms with Crippen molar-refractivity contribution in [3.05, 3.63) is 29.8 Å². The number of hydrogen-bond donors (Lipinski definition) is 1. The normalized spacial score (nSPS) is 12.1. The predicted molar refractivity (Wildman–Crippen MR) is 88.7 cm³/mol. The average molecular weight is 291 g/mol. The van der Waals surface area contributed by atoms with Crippen LogP contribution >= 0.6 is 0 Å². The van der Waals surface area contributed by atoms with Gasteiger partial charge in [-0.25, -0.2) is 0 Å².